The first-order chi connectivity index (χ1) is 7.70. The molecule has 6 nitrogen and oxygen atoms in total. The monoisotopic (exact) mass is 217 g/mol. The van der Waals surface area contributed by atoms with Crippen molar-refractivity contribution in [3.8, 4) is 11.3 Å². The molecule has 1 N–H and O–H groups in total. The number of H-pyrrole nitrogens is 1. The van der Waals surface area contributed by atoms with Crippen molar-refractivity contribution in [2.75, 3.05) is 0 Å². The van der Waals surface area contributed by atoms with Crippen molar-refractivity contribution in [3.63, 3.8) is 0 Å². The Hall–Kier alpha value is -2.50. The van der Waals surface area contributed by atoms with Gasteiger partial charge >= 0.3 is 11.2 Å². The van der Waals surface area contributed by atoms with Crippen molar-refractivity contribution in [3.05, 3.63) is 57.1 Å². The van der Waals surface area contributed by atoms with E-state index in [1.807, 2.05) is 0 Å². The van der Waals surface area contributed by atoms with Gasteiger partial charge in [0.05, 0.1) is 16.2 Å². The molecule has 0 aliphatic rings. The van der Waals surface area contributed by atoms with Crippen LogP contribution in [0.15, 0.2) is 41.5 Å². The number of nitrogens with one attached hydrogen (secondary N) is 1. The Morgan fingerprint density at radius 2 is 2.12 bits per heavy atom. The zero-order chi connectivity index (χ0) is 11.5. The zero-order valence-electron chi connectivity index (χ0n) is 8.08. The topological polar surface area (TPSA) is 88.9 Å². The number of nitrogens with zero attached hydrogens (tertiary/aromatic N) is 2. The summed E-state index contributed by atoms with van der Waals surface area (Å²) in [4.78, 5) is 27.6. The largest absolute Gasteiger partial charge is 0.343 e. The van der Waals surface area contributed by atoms with Gasteiger partial charge in [-0.1, -0.05) is 6.07 Å². The van der Waals surface area contributed by atoms with E-state index < -0.39 is 16.2 Å². The molecule has 2 rings (SSSR count). The van der Waals surface area contributed by atoms with E-state index in [-0.39, 0.29) is 5.56 Å². The molecule has 0 aliphatic heterocycles. The normalized spacial score (nSPS) is 10.0. The van der Waals surface area contributed by atoms with Gasteiger partial charge in [0.15, 0.2) is 0 Å². The number of nitro groups is 1. The summed E-state index contributed by atoms with van der Waals surface area (Å²) in [5.74, 6) is 0. The van der Waals surface area contributed by atoms with Gasteiger partial charge in [-0.3, -0.25) is 19.9 Å². The third-order valence-electron chi connectivity index (χ3n) is 2.06. The number of hydrogen-bond acceptors (Lipinski definition) is 4. The van der Waals surface area contributed by atoms with Crippen molar-refractivity contribution in [1.82, 2.24) is 9.97 Å². The Morgan fingerprint density at radius 3 is 2.75 bits per heavy atom. The summed E-state index contributed by atoms with van der Waals surface area (Å²) < 4.78 is 0. The number of rotatable bonds is 2. The van der Waals surface area contributed by atoms with Gasteiger partial charge in [0.25, 0.3) is 0 Å². The van der Waals surface area contributed by atoms with Gasteiger partial charge in [-0.25, -0.2) is 0 Å². The molecule has 0 radical (unpaired) electrons. The lowest BCUT2D eigenvalue weighted by atomic mass is 10.1. The lowest BCUT2D eigenvalue weighted by Gasteiger charge is -2.00. The smallest absolute Gasteiger partial charge is 0.323 e. The van der Waals surface area contributed by atoms with E-state index in [0.29, 0.717) is 5.69 Å². The average molecular weight is 217 g/mol. The van der Waals surface area contributed by atoms with Crippen LogP contribution in [0.25, 0.3) is 11.3 Å². The molecule has 16 heavy (non-hydrogen) atoms. The molecular weight excluding hydrogens is 210 g/mol. The van der Waals surface area contributed by atoms with Gasteiger partial charge in [-0.2, -0.15) is 0 Å². The molecule has 0 unspecified atom stereocenters. The Bertz CT molecular complexity index is 577. The molecule has 2 aromatic rings. The molecule has 0 aliphatic carbocycles. The maximum atomic E-state index is 11.3. The van der Waals surface area contributed by atoms with Crippen molar-refractivity contribution in [2.24, 2.45) is 0 Å². The highest BCUT2D eigenvalue weighted by molar-refractivity contribution is 5.69. The van der Waals surface area contributed by atoms with Gasteiger partial charge in [-0.05, 0) is 18.2 Å². The maximum absolute atomic E-state index is 11.3. The molecule has 2 aromatic heterocycles. The number of aromatic amines is 1. The van der Waals surface area contributed by atoms with Gasteiger partial charge in [-0.15, -0.1) is 0 Å². The lowest BCUT2D eigenvalue weighted by molar-refractivity contribution is -0.385. The molecule has 0 atom stereocenters. The number of aromatic nitrogens is 2. The first-order valence-corrected chi connectivity index (χ1v) is 4.47. The predicted molar refractivity (Wildman–Crippen MR) is 56.9 cm³/mol. The Balaban J connectivity index is 2.71. The van der Waals surface area contributed by atoms with E-state index in [4.69, 9.17) is 0 Å². The second-order valence-corrected chi connectivity index (χ2v) is 3.04. The van der Waals surface area contributed by atoms with Crippen molar-refractivity contribution < 1.29 is 4.92 Å². The third kappa shape index (κ3) is 1.68. The molecule has 0 saturated heterocycles. The average Bonchev–Trinajstić information content (AvgIpc) is 2.29. The summed E-state index contributed by atoms with van der Waals surface area (Å²) >= 11 is 0. The quantitative estimate of drug-likeness (QED) is 0.607. The summed E-state index contributed by atoms with van der Waals surface area (Å²) in [5.41, 5.74) is -0.594. The highest BCUT2D eigenvalue weighted by atomic mass is 16.6. The molecule has 0 spiro atoms. The van der Waals surface area contributed by atoms with E-state index in [9.17, 15) is 14.9 Å². The summed E-state index contributed by atoms with van der Waals surface area (Å²) in [6.45, 7) is 0. The van der Waals surface area contributed by atoms with Crippen molar-refractivity contribution >= 4 is 5.69 Å². The summed E-state index contributed by atoms with van der Waals surface area (Å²) in [6.07, 6.45) is 2.87. The van der Waals surface area contributed by atoms with Crippen LogP contribution in [0.1, 0.15) is 0 Å². The van der Waals surface area contributed by atoms with E-state index >= 15 is 0 Å². The van der Waals surface area contributed by atoms with Crippen molar-refractivity contribution in [1.29, 1.82) is 0 Å². The first kappa shape index (κ1) is 10.0. The van der Waals surface area contributed by atoms with Gasteiger partial charge in [0, 0.05) is 12.4 Å². The van der Waals surface area contributed by atoms with Gasteiger partial charge < -0.3 is 4.98 Å². The standard InChI is InChI=1S/C10H7N3O3/c14-10-9(13(15)16)7(4-6-12-10)8-3-1-2-5-11-8/h1-6H,(H,12,14). The van der Waals surface area contributed by atoms with Crippen LogP contribution in [0.2, 0.25) is 0 Å². The minimum Gasteiger partial charge on any atom is -0.323 e. The SMILES string of the molecule is O=c1[nH]ccc(-c2ccccn2)c1[N+](=O)[O-]. The lowest BCUT2D eigenvalue weighted by Crippen LogP contribution is -2.12. The first-order valence-electron chi connectivity index (χ1n) is 4.47. The minimum absolute atomic E-state index is 0.217. The Labute approximate surface area is 89.7 Å². The molecule has 0 saturated carbocycles. The van der Waals surface area contributed by atoms with E-state index in [1.165, 1.54) is 18.5 Å². The minimum atomic E-state index is -0.729. The van der Waals surface area contributed by atoms with Crippen LogP contribution in [0.5, 0.6) is 0 Å². The fraction of sp³-hybridized carbons (Fsp3) is 0. The molecule has 2 heterocycles. The Kier molecular flexibility index (Phi) is 2.47. The van der Waals surface area contributed by atoms with E-state index in [2.05, 4.69) is 9.97 Å². The van der Waals surface area contributed by atoms with E-state index in [1.54, 1.807) is 18.2 Å². The second kappa shape index (κ2) is 3.93. The van der Waals surface area contributed by atoms with Crippen LogP contribution in [0, 0.1) is 10.1 Å². The number of pyridine rings is 2. The van der Waals surface area contributed by atoms with Crippen molar-refractivity contribution in [2.45, 2.75) is 0 Å². The summed E-state index contributed by atoms with van der Waals surface area (Å²) in [6, 6.07) is 6.47. The highest BCUT2D eigenvalue weighted by Crippen LogP contribution is 2.23. The molecule has 0 fully saturated rings. The van der Waals surface area contributed by atoms with Gasteiger partial charge in [0.2, 0.25) is 0 Å². The number of hydrogen-bond donors (Lipinski definition) is 1. The maximum Gasteiger partial charge on any atom is 0.343 e. The highest BCUT2D eigenvalue weighted by Gasteiger charge is 2.20. The van der Waals surface area contributed by atoms with E-state index in [0.717, 1.165) is 0 Å². The Morgan fingerprint density at radius 1 is 1.31 bits per heavy atom. The van der Waals surface area contributed by atoms with Crippen LogP contribution >= 0.6 is 0 Å². The second-order valence-electron chi connectivity index (χ2n) is 3.04. The van der Waals surface area contributed by atoms with Crippen LogP contribution < -0.4 is 5.56 Å². The molecule has 80 valence electrons. The molecular formula is C10H7N3O3. The fourth-order valence-corrected chi connectivity index (χ4v) is 1.38. The van der Waals surface area contributed by atoms with Crippen LogP contribution in [0.4, 0.5) is 5.69 Å². The fourth-order valence-electron chi connectivity index (χ4n) is 1.38. The molecule has 6 heteroatoms. The third-order valence-corrected chi connectivity index (χ3v) is 2.06. The van der Waals surface area contributed by atoms with Crippen LogP contribution in [0.3, 0.4) is 0 Å². The van der Waals surface area contributed by atoms with Gasteiger partial charge in [0.1, 0.15) is 0 Å². The zero-order valence-corrected chi connectivity index (χ0v) is 8.08. The molecule has 0 bridgehead atoms. The van der Waals surface area contributed by atoms with Crippen LogP contribution in [-0.2, 0) is 0 Å². The summed E-state index contributed by atoms with van der Waals surface area (Å²) in [7, 11) is 0. The predicted octanol–water partition coefficient (Wildman–Crippen LogP) is 1.35. The summed E-state index contributed by atoms with van der Waals surface area (Å²) in [5, 5.41) is 10.8. The van der Waals surface area contributed by atoms with Crippen LogP contribution in [-0.4, -0.2) is 14.9 Å². The molecule has 0 aromatic carbocycles. The molecule has 0 amide bonds.